The molecule has 1 fully saturated rings. The minimum atomic E-state index is -1.22. The highest BCUT2D eigenvalue weighted by molar-refractivity contribution is 7.80. The van der Waals surface area contributed by atoms with Gasteiger partial charge in [-0.3, -0.25) is 19.2 Å². The molecule has 46 heavy (non-hydrogen) atoms. The number of aliphatic carboxylic acids is 2. The van der Waals surface area contributed by atoms with Gasteiger partial charge in [0.05, 0.1) is 18.0 Å². The predicted molar refractivity (Wildman–Crippen MR) is 175 cm³/mol. The van der Waals surface area contributed by atoms with E-state index in [9.17, 15) is 39.6 Å². The SMILES string of the molecule is C=CC1=C(CO)[C@@H](Cc2[nH]c(=C\c3[nH]c(CC4NC(=O)[C@H](C)[C@H]4CCS)c(C)c3CCC(=O)O)/c(=C(/O)CC(=O)O)c2C)NC1=O. The van der Waals surface area contributed by atoms with Crippen molar-refractivity contribution in [1.29, 1.82) is 0 Å². The van der Waals surface area contributed by atoms with Gasteiger partial charge in [0.2, 0.25) is 5.91 Å². The molecular weight excluding hydrogens is 612 g/mol. The molecule has 0 saturated carbocycles. The molecule has 4 heterocycles. The average Bonchev–Trinajstić information content (AvgIpc) is 3.65. The van der Waals surface area contributed by atoms with Crippen molar-refractivity contribution in [2.45, 2.75) is 71.4 Å². The molecule has 0 aliphatic carbocycles. The molecule has 8 N–H and O–H groups in total. The van der Waals surface area contributed by atoms with Crippen LogP contribution in [0.5, 0.6) is 0 Å². The Labute approximate surface area is 271 Å². The maximum Gasteiger partial charge on any atom is 0.311 e. The van der Waals surface area contributed by atoms with Crippen molar-refractivity contribution < 1.29 is 39.6 Å². The second-order valence-corrected chi connectivity index (χ2v) is 12.5. The van der Waals surface area contributed by atoms with Crippen LogP contribution in [0, 0.1) is 25.7 Å². The molecule has 4 atom stereocenters. The van der Waals surface area contributed by atoms with Crippen LogP contribution in [0.1, 0.15) is 60.0 Å². The van der Waals surface area contributed by atoms with E-state index in [-0.39, 0.29) is 66.5 Å². The van der Waals surface area contributed by atoms with Gasteiger partial charge in [0.25, 0.3) is 5.91 Å². The van der Waals surface area contributed by atoms with Crippen LogP contribution in [-0.2, 0) is 38.4 Å². The third kappa shape index (κ3) is 7.10. The van der Waals surface area contributed by atoms with Gasteiger partial charge in [0, 0.05) is 59.1 Å². The van der Waals surface area contributed by atoms with Gasteiger partial charge < -0.3 is 41.0 Å². The first-order valence-electron chi connectivity index (χ1n) is 15.2. The van der Waals surface area contributed by atoms with Crippen LogP contribution in [-0.4, -0.2) is 78.6 Å². The van der Waals surface area contributed by atoms with Gasteiger partial charge in [-0.2, -0.15) is 12.6 Å². The summed E-state index contributed by atoms with van der Waals surface area (Å²) in [4.78, 5) is 54.9. The van der Waals surface area contributed by atoms with Gasteiger partial charge in [0.1, 0.15) is 12.2 Å². The summed E-state index contributed by atoms with van der Waals surface area (Å²) in [5.74, 6) is -2.37. The first-order valence-corrected chi connectivity index (χ1v) is 15.9. The Balaban J connectivity index is 1.85. The number of carbonyl (C=O) groups is 4. The zero-order valence-corrected chi connectivity index (χ0v) is 27.1. The minimum Gasteiger partial charge on any atom is -0.511 e. The number of hydrogen-bond donors (Lipinski definition) is 9. The van der Waals surface area contributed by atoms with E-state index in [1.165, 1.54) is 6.08 Å². The number of carboxylic acid groups (broad SMARTS) is 2. The number of nitrogens with one attached hydrogen (secondary N) is 4. The van der Waals surface area contributed by atoms with Crippen molar-refractivity contribution in [3.05, 3.63) is 68.1 Å². The maximum atomic E-state index is 12.5. The highest BCUT2D eigenvalue weighted by Gasteiger charge is 2.39. The largest absolute Gasteiger partial charge is 0.511 e. The van der Waals surface area contributed by atoms with Gasteiger partial charge in [0.15, 0.2) is 0 Å². The summed E-state index contributed by atoms with van der Waals surface area (Å²) in [6.45, 7) is 8.84. The molecule has 0 radical (unpaired) electrons. The lowest BCUT2D eigenvalue weighted by Crippen LogP contribution is -2.32. The summed E-state index contributed by atoms with van der Waals surface area (Å²) in [5, 5.41) is 46.5. The van der Waals surface area contributed by atoms with Gasteiger partial charge in [-0.05, 0) is 66.7 Å². The van der Waals surface area contributed by atoms with E-state index >= 15 is 0 Å². The number of aromatic nitrogens is 2. The summed E-state index contributed by atoms with van der Waals surface area (Å²) in [5.41, 5.74) is 4.98. The average molecular weight is 655 g/mol. The Kier molecular flexibility index (Phi) is 10.9. The topological polar surface area (TPSA) is 205 Å². The highest BCUT2D eigenvalue weighted by Crippen LogP contribution is 2.31. The number of H-pyrrole nitrogens is 2. The lowest BCUT2D eigenvalue weighted by Gasteiger charge is -2.20. The summed E-state index contributed by atoms with van der Waals surface area (Å²) < 4.78 is 0. The Morgan fingerprint density at radius 3 is 2.30 bits per heavy atom. The van der Waals surface area contributed by atoms with E-state index < -0.39 is 24.4 Å². The number of thiol groups is 1. The zero-order chi connectivity index (χ0) is 33.9. The third-order valence-electron chi connectivity index (χ3n) is 9.27. The van der Waals surface area contributed by atoms with Gasteiger partial charge >= 0.3 is 11.9 Å². The zero-order valence-electron chi connectivity index (χ0n) is 26.2. The first-order chi connectivity index (χ1) is 21.8. The Morgan fingerprint density at radius 1 is 1.00 bits per heavy atom. The Hall–Kier alpha value is -4.23. The monoisotopic (exact) mass is 654 g/mol. The molecule has 2 aliphatic heterocycles. The van der Waals surface area contributed by atoms with Gasteiger partial charge in [-0.1, -0.05) is 19.6 Å². The summed E-state index contributed by atoms with van der Waals surface area (Å²) in [6.07, 6.45) is 4.05. The number of carboxylic acids is 2. The number of amides is 2. The molecule has 13 heteroatoms. The molecule has 12 nitrogen and oxygen atoms in total. The molecule has 1 saturated heterocycles. The van der Waals surface area contributed by atoms with Crippen LogP contribution in [0.2, 0.25) is 0 Å². The highest BCUT2D eigenvalue weighted by atomic mass is 32.1. The lowest BCUT2D eigenvalue weighted by molar-refractivity contribution is -0.137. The quantitative estimate of drug-likeness (QED) is 0.135. The van der Waals surface area contributed by atoms with E-state index in [0.29, 0.717) is 45.6 Å². The maximum absolute atomic E-state index is 12.5. The van der Waals surface area contributed by atoms with Crippen LogP contribution >= 0.6 is 12.6 Å². The fraction of sp³-hybridized carbons (Fsp3) is 0.455. The van der Waals surface area contributed by atoms with Crippen LogP contribution in [0.3, 0.4) is 0 Å². The summed E-state index contributed by atoms with van der Waals surface area (Å²) in [7, 11) is 0. The standard InChI is InChI=1S/C33H42N4O8S/c1-5-18-21(14-38)26(37-33(18)45)11-23-17(4)31(28(39)13-30(42)43)27(35-23)12-24-19(6-7-29(40)41)15(2)22(34-24)10-25-20(8-9-46)16(3)32(44)36-25/h5,12,16,20,25-26,34-35,38-39,46H,1,6-11,13-14H2,2-4H3,(H,36,44)(H,37,45)(H,40,41)(H,42,43)/b27-12-,31-28+/t16-,20-,25?,26-/m1/s1. The molecule has 2 aliphatic rings. The molecule has 0 aromatic carbocycles. The van der Waals surface area contributed by atoms with Crippen molar-refractivity contribution in [3.63, 3.8) is 0 Å². The minimum absolute atomic E-state index is 0.0137. The van der Waals surface area contributed by atoms with E-state index in [1.807, 2.05) is 13.8 Å². The van der Waals surface area contributed by atoms with Gasteiger partial charge in [-0.15, -0.1) is 0 Å². The second-order valence-electron chi connectivity index (χ2n) is 12.0. The van der Waals surface area contributed by atoms with E-state index in [4.69, 9.17) is 0 Å². The molecule has 1 unspecified atom stereocenters. The van der Waals surface area contributed by atoms with E-state index in [1.54, 1.807) is 13.0 Å². The lowest BCUT2D eigenvalue weighted by atomic mass is 9.86. The summed E-state index contributed by atoms with van der Waals surface area (Å²) in [6, 6.07) is -0.685. The fourth-order valence-electron chi connectivity index (χ4n) is 6.77. The Morgan fingerprint density at radius 2 is 1.70 bits per heavy atom. The normalized spacial score (nSPS) is 22.3. The van der Waals surface area contributed by atoms with Crippen LogP contribution in [0.4, 0.5) is 0 Å². The smallest absolute Gasteiger partial charge is 0.311 e. The van der Waals surface area contributed by atoms with Crippen molar-refractivity contribution >= 4 is 48.2 Å². The first kappa shape index (κ1) is 34.6. The van der Waals surface area contributed by atoms with Crippen molar-refractivity contribution in [2.75, 3.05) is 12.4 Å². The van der Waals surface area contributed by atoms with Crippen LogP contribution in [0.25, 0.3) is 11.8 Å². The molecule has 2 aromatic heterocycles. The number of aliphatic hydroxyl groups excluding tert-OH is 2. The summed E-state index contributed by atoms with van der Waals surface area (Å²) >= 11 is 4.38. The number of aromatic amines is 2. The third-order valence-corrected chi connectivity index (χ3v) is 9.53. The Bertz CT molecular complexity index is 1720. The van der Waals surface area contributed by atoms with Crippen molar-refractivity contribution in [2.24, 2.45) is 11.8 Å². The molecule has 2 aromatic rings. The molecule has 2 amide bonds. The molecule has 0 bridgehead atoms. The molecule has 4 rings (SSSR count). The van der Waals surface area contributed by atoms with E-state index in [2.05, 4.69) is 39.8 Å². The van der Waals surface area contributed by atoms with E-state index in [0.717, 1.165) is 23.2 Å². The fourth-order valence-corrected chi connectivity index (χ4v) is 7.07. The predicted octanol–water partition coefficient (Wildman–Crippen LogP) is 1.08. The molecule has 0 spiro atoms. The van der Waals surface area contributed by atoms with Crippen molar-refractivity contribution in [1.82, 2.24) is 20.6 Å². The second kappa shape index (κ2) is 14.5. The number of aliphatic hydroxyl groups is 2. The van der Waals surface area contributed by atoms with Crippen LogP contribution < -0.4 is 21.2 Å². The molecular formula is C33H42N4O8S. The van der Waals surface area contributed by atoms with Crippen LogP contribution in [0.15, 0.2) is 23.8 Å². The number of hydrogen-bond acceptors (Lipinski definition) is 7. The number of carbonyl (C=O) groups excluding carboxylic acids is 2. The number of rotatable bonds is 14. The molecule has 248 valence electrons. The van der Waals surface area contributed by atoms with Crippen molar-refractivity contribution in [3.8, 4) is 0 Å². The van der Waals surface area contributed by atoms with Gasteiger partial charge in [-0.25, -0.2) is 0 Å².